The van der Waals surface area contributed by atoms with E-state index in [9.17, 15) is 0 Å². The van der Waals surface area contributed by atoms with Gasteiger partial charge in [0.05, 0.1) is 25.3 Å². The van der Waals surface area contributed by atoms with Gasteiger partial charge in [0.15, 0.2) is 0 Å². The van der Waals surface area contributed by atoms with Gasteiger partial charge >= 0.3 is 0 Å². The third kappa shape index (κ3) is 5.67. The Hall–Kier alpha value is -6.72. The van der Waals surface area contributed by atoms with Crippen LogP contribution in [0.2, 0.25) is 0 Å². The highest BCUT2D eigenvalue weighted by atomic mass is 16.5. The maximum Gasteiger partial charge on any atom is 0.119 e. The van der Waals surface area contributed by atoms with E-state index in [0.29, 0.717) is 0 Å². The minimum atomic E-state index is 0.827. The molecule has 9 aromatic rings. The van der Waals surface area contributed by atoms with E-state index in [1.165, 1.54) is 32.7 Å². The van der Waals surface area contributed by atoms with Crippen molar-refractivity contribution in [2.45, 2.75) is 13.8 Å². The second-order valence-electron chi connectivity index (χ2n) is 13.6. The Balaban J connectivity index is 1.32. The zero-order chi connectivity index (χ0) is 36.1. The Bertz CT molecular complexity index is 2510. The monoisotopic (exact) mass is 689 g/mol. The van der Waals surface area contributed by atoms with Crippen molar-refractivity contribution in [2.24, 2.45) is 0 Å². The van der Waals surface area contributed by atoms with Crippen LogP contribution in [0, 0.1) is 13.8 Å². The highest BCUT2D eigenvalue weighted by molar-refractivity contribution is 6.26. The number of hydrogen-bond donors (Lipinski definition) is 0. The lowest BCUT2D eigenvalue weighted by atomic mass is 10.00. The first-order valence-electron chi connectivity index (χ1n) is 17.9. The maximum absolute atomic E-state index is 5.53. The molecule has 1 aromatic heterocycles. The molecule has 0 unspecified atom stereocenters. The summed E-state index contributed by atoms with van der Waals surface area (Å²) < 4.78 is 13.5. The van der Waals surface area contributed by atoms with Gasteiger partial charge in [0.1, 0.15) is 11.5 Å². The van der Waals surface area contributed by atoms with E-state index in [0.717, 1.165) is 62.3 Å². The fraction of sp³-hybridized carbons (Fsp3) is 0.0833. The van der Waals surface area contributed by atoms with Gasteiger partial charge in [0.2, 0.25) is 0 Å². The number of rotatable bonds is 9. The molecule has 9 rings (SSSR count). The topological polar surface area (TPSA) is 29.9 Å². The van der Waals surface area contributed by atoms with Gasteiger partial charge in [0.25, 0.3) is 0 Å². The quantitative estimate of drug-likeness (QED) is 0.141. The Kier molecular flexibility index (Phi) is 7.97. The standard InChI is InChI=1S/C48H39N3O2/c1-32-10-16-37(17-11-32)49(39-20-24-43(52-3)25-21-39)41-28-34-14-15-35-29-42(31-46-48(35)47(34)45(30-41)51(46)36-8-6-5-7-9-36)50(38-18-12-33(2)13-19-38)40-22-26-44(53-4)27-23-40/h5-31H,1-4H3. The van der Waals surface area contributed by atoms with Crippen molar-refractivity contribution in [3.63, 3.8) is 0 Å². The van der Waals surface area contributed by atoms with Crippen molar-refractivity contribution < 1.29 is 9.47 Å². The molecule has 5 nitrogen and oxygen atoms in total. The van der Waals surface area contributed by atoms with E-state index in [2.05, 4.69) is 168 Å². The molecule has 0 aliphatic rings. The van der Waals surface area contributed by atoms with Crippen LogP contribution in [0.5, 0.6) is 11.5 Å². The molecular formula is C48H39N3O2. The molecule has 0 spiro atoms. The highest BCUT2D eigenvalue weighted by Gasteiger charge is 2.23. The van der Waals surface area contributed by atoms with Crippen molar-refractivity contribution in [1.82, 2.24) is 4.57 Å². The number of aromatic nitrogens is 1. The zero-order valence-electron chi connectivity index (χ0n) is 30.2. The fourth-order valence-electron chi connectivity index (χ4n) is 7.59. The number of aryl methyl sites for hydroxylation is 2. The summed E-state index contributed by atoms with van der Waals surface area (Å²) in [5, 5.41) is 4.88. The molecule has 53 heavy (non-hydrogen) atoms. The van der Waals surface area contributed by atoms with E-state index >= 15 is 0 Å². The average molecular weight is 690 g/mol. The first-order valence-corrected chi connectivity index (χ1v) is 17.9. The number of nitrogens with zero attached hydrogens (tertiary/aromatic N) is 3. The van der Waals surface area contributed by atoms with Gasteiger partial charge in [0, 0.05) is 50.6 Å². The van der Waals surface area contributed by atoms with Crippen LogP contribution in [0.4, 0.5) is 34.1 Å². The summed E-state index contributed by atoms with van der Waals surface area (Å²) in [5.41, 5.74) is 12.3. The Labute approximate surface area is 309 Å². The van der Waals surface area contributed by atoms with Gasteiger partial charge in [-0.2, -0.15) is 0 Å². The van der Waals surface area contributed by atoms with Gasteiger partial charge in [-0.25, -0.2) is 0 Å². The molecule has 258 valence electrons. The van der Waals surface area contributed by atoms with Gasteiger partial charge < -0.3 is 23.8 Å². The van der Waals surface area contributed by atoms with Crippen LogP contribution in [-0.4, -0.2) is 18.8 Å². The summed E-state index contributed by atoms with van der Waals surface area (Å²) >= 11 is 0. The van der Waals surface area contributed by atoms with Crippen molar-refractivity contribution in [2.75, 3.05) is 24.0 Å². The smallest absolute Gasteiger partial charge is 0.119 e. The van der Waals surface area contributed by atoms with Crippen molar-refractivity contribution >= 4 is 66.7 Å². The molecule has 0 radical (unpaired) electrons. The van der Waals surface area contributed by atoms with Crippen LogP contribution in [0.15, 0.2) is 164 Å². The van der Waals surface area contributed by atoms with Gasteiger partial charge in [-0.1, -0.05) is 65.7 Å². The van der Waals surface area contributed by atoms with Crippen LogP contribution in [0.25, 0.3) is 38.3 Å². The second kappa shape index (κ2) is 13.1. The zero-order valence-corrected chi connectivity index (χ0v) is 30.2. The van der Waals surface area contributed by atoms with Gasteiger partial charge in [-0.3, -0.25) is 0 Å². The SMILES string of the molecule is COc1ccc(N(c2ccc(C)cc2)c2cc3ccc4cc(N(c5ccc(C)cc5)c5ccc(OC)cc5)cc5c4c3c(c2)n5-c2ccccc2)cc1. The molecule has 0 atom stereocenters. The lowest BCUT2D eigenvalue weighted by Crippen LogP contribution is -2.10. The Morgan fingerprint density at radius 1 is 0.396 bits per heavy atom. The van der Waals surface area contributed by atoms with E-state index < -0.39 is 0 Å². The number of benzene rings is 8. The minimum absolute atomic E-state index is 0.827. The van der Waals surface area contributed by atoms with Crippen LogP contribution in [0.1, 0.15) is 11.1 Å². The largest absolute Gasteiger partial charge is 0.497 e. The summed E-state index contributed by atoms with van der Waals surface area (Å²) in [6.45, 7) is 4.25. The lowest BCUT2D eigenvalue weighted by Gasteiger charge is -2.26. The normalized spacial score (nSPS) is 11.4. The summed E-state index contributed by atoms with van der Waals surface area (Å²) in [6.07, 6.45) is 0. The fourth-order valence-corrected chi connectivity index (χ4v) is 7.59. The van der Waals surface area contributed by atoms with Crippen LogP contribution < -0.4 is 19.3 Å². The predicted molar refractivity (Wildman–Crippen MR) is 221 cm³/mol. The Morgan fingerprint density at radius 2 is 0.774 bits per heavy atom. The van der Waals surface area contributed by atoms with E-state index in [1.54, 1.807) is 14.2 Å². The summed E-state index contributed by atoms with van der Waals surface area (Å²) in [6, 6.07) is 58.7. The number of hydrogen-bond acceptors (Lipinski definition) is 4. The van der Waals surface area contributed by atoms with Crippen LogP contribution in [0.3, 0.4) is 0 Å². The summed E-state index contributed by atoms with van der Waals surface area (Å²) in [5.74, 6) is 1.65. The van der Waals surface area contributed by atoms with Gasteiger partial charge in [-0.15, -0.1) is 0 Å². The third-order valence-corrected chi connectivity index (χ3v) is 10.2. The number of anilines is 6. The molecule has 0 fully saturated rings. The Morgan fingerprint density at radius 3 is 1.15 bits per heavy atom. The second-order valence-corrected chi connectivity index (χ2v) is 13.6. The van der Waals surface area contributed by atoms with E-state index in [4.69, 9.17) is 9.47 Å². The number of methoxy groups -OCH3 is 2. The molecular weight excluding hydrogens is 651 g/mol. The average Bonchev–Trinajstić information content (AvgIpc) is 3.54. The number of ether oxygens (including phenoxy) is 2. The molecule has 0 saturated heterocycles. The molecule has 5 heteroatoms. The highest BCUT2D eigenvalue weighted by Crippen LogP contribution is 2.47. The molecule has 0 N–H and O–H groups in total. The minimum Gasteiger partial charge on any atom is -0.497 e. The first kappa shape index (κ1) is 32.2. The van der Waals surface area contributed by atoms with Crippen molar-refractivity contribution in [1.29, 1.82) is 0 Å². The molecule has 0 saturated carbocycles. The molecule has 0 bridgehead atoms. The van der Waals surface area contributed by atoms with Crippen molar-refractivity contribution in [3.05, 3.63) is 175 Å². The van der Waals surface area contributed by atoms with Crippen molar-refractivity contribution in [3.8, 4) is 17.2 Å². The number of para-hydroxylation sites is 1. The van der Waals surface area contributed by atoms with Gasteiger partial charge in [-0.05, 0) is 134 Å². The molecule has 8 aromatic carbocycles. The summed E-state index contributed by atoms with van der Waals surface area (Å²) in [7, 11) is 3.41. The maximum atomic E-state index is 5.53. The molecule has 0 amide bonds. The summed E-state index contributed by atoms with van der Waals surface area (Å²) in [4.78, 5) is 4.67. The lowest BCUT2D eigenvalue weighted by molar-refractivity contribution is 0.414. The third-order valence-electron chi connectivity index (χ3n) is 10.2. The predicted octanol–water partition coefficient (Wildman–Crippen LogP) is 12.9. The molecule has 1 heterocycles. The van der Waals surface area contributed by atoms with Crippen LogP contribution >= 0.6 is 0 Å². The molecule has 0 aliphatic heterocycles. The van der Waals surface area contributed by atoms with Crippen LogP contribution in [-0.2, 0) is 0 Å². The van der Waals surface area contributed by atoms with E-state index in [1.807, 2.05) is 24.3 Å². The first-order chi connectivity index (χ1) is 26.0. The molecule has 0 aliphatic carbocycles. The van der Waals surface area contributed by atoms with E-state index in [-0.39, 0.29) is 0 Å².